The van der Waals surface area contributed by atoms with Crippen molar-refractivity contribution in [2.24, 2.45) is 10.4 Å². The molecule has 0 bridgehead atoms. The average molecular weight is 961 g/mol. The molecule has 6 aromatic rings. The second-order valence-electron chi connectivity index (χ2n) is 18.4. The summed E-state index contributed by atoms with van der Waals surface area (Å²) in [6, 6.07) is 16.0. The summed E-state index contributed by atoms with van der Waals surface area (Å²) in [5.74, 6) is -2.06. The van der Waals surface area contributed by atoms with Gasteiger partial charge in [-0.3, -0.25) is 28.7 Å². The molecule has 1 saturated heterocycles. The molecule has 0 aliphatic carbocycles. The third kappa shape index (κ3) is 9.84. The molecule has 3 amide bonds. The van der Waals surface area contributed by atoms with E-state index in [9.17, 15) is 29.4 Å². The molecule has 68 heavy (non-hydrogen) atoms. The summed E-state index contributed by atoms with van der Waals surface area (Å²) in [5, 5.41) is 35.8. The molecule has 0 spiro atoms. The van der Waals surface area contributed by atoms with E-state index in [2.05, 4.69) is 25.8 Å². The lowest BCUT2D eigenvalue weighted by Crippen LogP contribution is -2.58. The van der Waals surface area contributed by atoms with Crippen LogP contribution in [0.3, 0.4) is 0 Å². The van der Waals surface area contributed by atoms with Crippen molar-refractivity contribution in [1.82, 2.24) is 35.3 Å². The van der Waals surface area contributed by atoms with Gasteiger partial charge in [0.05, 0.1) is 40.4 Å². The minimum atomic E-state index is -1.10. The number of thiophene rings is 1. The first-order valence-corrected chi connectivity index (χ1v) is 23.9. The van der Waals surface area contributed by atoms with E-state index >= 15 is 4.39 Å². The van der Waals surface area contributed by atoms with Crippen LogP contribution in [0.4, 0.5) is 4.39 Å². The van der Waals surface area contributed by atoms with Crippen LogP contribution in [-0.4, -0.2) is 95.6 Å². The number of carboxylic acid groups (broad SMARTS) is 1. The molecule has 0 saturated carbocycles. The highest BCUT2D eigenvalue weighted by molar-refractivity contribution is 7.15. The monoisotopic (exact) mass is 960 g/mol. The molecule has 18 heteroatoms. The van der Waals surface area contributed by atoms with Gasteiger partial charge in [0.25, 0.3) is 5.91 Å². The predicted molar refractivity (Wildman–Crippen MR) is 258 cm³/mol. The number of fused-ring (bicyclic) bond motifs is 3. The summed E-state index contributed by atoms with van der Waals surface area (Å²) in [6.45, 7) is 14.4. The summed E-state index contributed by atoms with van der Waals surface area (Å²) in [7, 11) is 0. The molecule has 3 aromatic carbocycles. The average Bonchev–Trinajstić information content (AvgIpc) is 4.06. The Bertz CT molecular complexity index is 2940. The Hall–Kier alpha value is -6.63. The Labute approximate surface area is 401 Å². The third-order valence-electron chi connectivity index (χ3n) is 12.4. The number of nitrogens with zero attached hydrogens (tertiary/aromatic N) is 6. The number of aromatic nitrogens is 4. The first kappa shape index (κ1) is 47.8. The van der Waals surface area contributed by atoms with Gasteiger partial charge >= 0.3 is 5.97 Å². The fourth-order valence-corrected chi connectivity index (χ4v) is 10.7. The normalized spacial score (nSPS) is 17.6. The number of benzene rings is 3. The molecule has 0 radical (unpaired) electrons. The van der Waals surface area contributed by atoms with Gasteiger partial charge in [-0.2, -0.15) is 0 Å². The van der Waals surface area contributed by atoms with Crippen LogP contribution < -0.4 is 15.4 Å². The van der Waals surface area contributed by atoms with Crippen molar-refractivity contribution in [3.05, 3.63) is 123 Å². The summed E-state index contributed by atoms with van der Waals surface area (Å²) in [5.41, 5.74) is 8.14. The topological polar surface area (TPSA) is 201 Å². The Kier molecular flexibility index (Phi) is 13.5. The van der Waals surface area contributed by atoms with Gasteiger partial charge < -0.3 is 30.5 Å². The number of hydrogen-bond donors (Lipinski definition) is 4. The highest BCUT2D eigenvalue weighted by atomic mass is 32.1. The molecular weight excluding hydrogens is 908 g/mol. The number of rotatable bonds is 13. The van der Waals surface area contributed by atoms with Gasteiger partial charge in [0, 0.05) is 35.0 Å². The van der Waals surface area contributed by atoms with Gasteiger partial charge in [0.15, 0.2) is 12.4 Å². The maximum Gasteiger partial charge on any atom is 0.306 e. The van der Waals surface area contributed by atoms with Crippen LogP contribution in [0, 0.1) is 38.9 Å². The number of halogens is 1. The molecule has 1 fully saturated rings. The molecule has 4 N–H and O–H groups in total. The number of carboxylic acids is 1. The van der Waals surface area contributed by atoms with E-state index < -0.39 is 71.8 Å². The SMILES string of the molecule is Cc1ncsc1-c1ccc(C(C)NC(=O)[C@@H]2C[C@@H](O)CN2C(=O)C(NC(=O)COc2cc(F)cc(-c3ccc(C4=N[C@@H](CC(=O)O)c5nnc(C)n5-c5sc(C)c(C)c54)cc3)c2)C(C)(C)C)cc1. The van der Waals surface area contributed by atoms with E-state index in [1.807, 2.05) is 87.7 Å². The highest BCUT2D eigenvalue weighted by Gasteiger charge is 2.45. The van der Waals surface area contributed by atoms with Gasteiger partial charge in [-0.25, -0.2) is 9.37 Å². The lowest BCUT2D eigenvalue weighted by Gasteiger charge is -2.35. The number of likely N-dealkylation sites (tertiary alicyclic amines) is 1. The number of aryl methyl sites for hydroxylation is 3. The maximum absolute atomic E-state index is 15.2. The smallest absolute Gasteiger partial charge is 0.306 e. The van der Waals surface area contributed by atoms with Crippen LogP contribution in [0.15, 0.2) is 77.2 Å². The minimum Gasteiger partial charge on any atom is -0.484 e. The summed E-state index contributed by atoms with van der Waals surface area (Å²) < 4.78 is 22.9. The van der Waals surface area contributed by atoms with Gasteiger partial charge in [0.2, 0.25) is 11.8 Å². The largest absolute Gasteiger partial charge is 0.484 e. The molecule has 2 unspecified atom stereocenters. The van der Waals surface area contributed by atoms with E-state index in [4.69, 9.17) is 9.73 Å². The van der Waals surface area contributed by atoms with E-state index in [0.717, 1.165) is 54.3 Å². The lowest BCUT2D eigenvalue weighted by molar-refractivity contribution is -0.144. The van der Waals surface area contributed by atoms with Gasteiger partial charge in [-0.15, -0.1) is 32.9 Å². The number of carbonyl (C=O) groups excluding carboxylic acids is 3. The fourth-order valence-electron chi connectivity index (χ4n) is 8.69. The lowest BCUT2D eigenvalue weighted by atomic mass is 9.85. The van der Waals surface area contributed by atoms with E-state index in [1.54, 1.807) is 55.0 Å². The summed E-state index contributed by atoms with van der Waals surface area (Å²) in [6.07, 6.45) is -1.19. The number of aliphatic hydroxyl groups excluding tert-OH is 1. The molecule has 5 heterocycles. The Balaban J connectivity index is 0.941. The molecule has 15 nitrogen and oxygen atoms in total. The number of carbonyl (C=O) groups is 4. The first-order valence-electron chi connectivity index (χ1n) is 22.2. The Morgan fingerprint density at radius 2 is 1.62 bits per heavy atom. The molecule has 2 aliphatic heterocycles. The molecular formula is C50H53FN8O7S2. The van der Waals surface area contributed by atoms with E-state index in [-0.39, 0.29) is 25.1 Å². The molecule has 5 atom stereocenters. The number of hydrogen-bond acceptors (Lipinski definition) is 12. The molecule has 354 valence electrons. The highest BCUT2D eigenvalue weighted by Crippen LogP contribution is 2.40. The fraction of sp³-hybridized carbons (Fsp3) is 0.360. The molecule has 3 aromatic heterocycles. The standard InChI is InChI=1S/C50H53FN8O7S2/c1-25-28(4)68-49-42(25)43(54-38(21-41(62)63)46-57-56-29(5)59(46)49)32-13-11-31(12-14-32)34-17-35(51)19-37(18-34)66-23-40(61)55-45(50(6,7)8)48(65)58-22-36(60)20-39(58)47(64)53-26(2)30-9-15-33(16-10-30)44-27(3)52-24-67-44/h9-19,24,26,36,38-39,45,60H,20-23H2,1-8H3,(H,53,64)(H,55,61)(H,62,63)/t26?,36-,38+,39+,45?/m1/s1. The Morgan fingerprint density at radius 3 is 2.28 bits per heavy atom. The predicted octanol–water partition coefficient (Wildman–Crippen LogP) is 7.61. The van der Waals surface area contributed by atoms with Crippen molar-refractivity contribution in [2.75, 3.05) is 13.2 Å². The van der Waals surface area contributed by atoms with Crippen molar-refractivity contribution in [3.8, 4) is 32.3 Å². The molecule has 8 rings (SSSR count). The second kappa shape index (κ2) is 19.2. The number of amides is 3. The van der Waals surface area contributed by atoms with E-state index in [1.165, 1.54) is 11.0 Å². The van der Waals surface area contributed by atoms with Crippen molar-refractivity contribution in [2.45, 2.75) is 98.5 Å². The number of β-amino-alcohol motifs (C(OH)–C–C–N with tert-alkyl or cyclic N) is 1. The zero-order chi connectivity index (χ0) is 48.8. The van der Waals surface area contributed by atoms with Crippen LogP contribution in [0.1, 0.15) is 97.1 Å². The van der Waals surface area contributed by atoms with Crippen LogP contribution in [-0.2, 0) is 19.2 Å². The first-order chi connectivity index (χ1) is 32.3. The van der Waals surface area contributed by atoms with Crippen molar-refractivity contribution >= 4 is 52.1 Å². The number of aliphatic hydroxyl groups is 1. The van der Waals surface area contributed by atoms with Gasteiger partial charge in [-0.1, -0.05) is 69.3 Å². The maximum atomic E-state index is 15.2. The van der Waals surface area contributed by atoms with Crippen LogP contribution in [0.25, 0.3) is 26.6 Å². The van der Waals surface area contributed by atoms with Crippen molar-refractivity contribution < 1.29 is 38.5 Å². The van der Waals surface area contributed by atoms with Crippen LogP contribution in [0.5, 0.6) is 5.75 Å². The summed E-state index contributed by atoms with van der Waals surface area (Å²) in [4.78, 5) is 66.3. The van der Waals surface area contributed by atoms with Crippen molar-refractivity contribution in [3.63, 3.8) is 0 Å². The minimum absolute atomic E-state index is 0.0354. The van der Waals surface area contributed by atoms with Crippen molar-refractivity contribution in [1.29, 1.82) is 0 Å². The summed E-state index contributed by atoms with van der Waals surface area (Å²) >= 11 is 3.12. The third-order valence-corrected chi connectivity index (χ3v) is 14.6. The molecule has 2 aliphatic rings. The van der Waals surface area contributed by atoms with Crippen LogP contribution in [0.2, 0.25) is 0 Å². The number of nitrogens with one attached hydrogen (secondary N) is 2. The van der Waals surface area contributed by atoms with Gasteiger partial charge in [-0.05, 0) is 80.0 Å². The zero-order valence-electron chi connectivity index (χ0n) is 39.0. The van der Waals surface area contributed by atoms with E-state index in [0.29, 0.717) is 28.5 Å². The van der Waals surface area contributed by atoms with Gasteiger partial charge in [0.1, 0.15) is 40.5 Å². The Morgan fingerprint density at radius 1 is 0.926 bits per heavy atom. The number of thiazole rings is 1. The number of ether oxygens (including phenoxy) is 1. The second-order valence-corrected chi connectivity index (χ2v) is 20.5. The quantitative estimate of drug-likeness (QED) is 0.0893. The number of aliphatic imine (C=N–C) groups is 1. The number of aliphatic carboxylic acids is 1. The van der Waals surface area contributed by atoms with Crippen LogP contribution >= 0.6 is 22.7 Å². The zero-order valence-corrected chi connectivity index (χ0v) is 40.6.